The summed E-state index contributed by atoms with van der Waals surface area (Å²) >= 11 is 6.46. The van der Waals surface area contributed by atoms with E-state index < -0.39 is 8.07 Å². The van der Waals surface area contributed by atoms with Crippen LogP contribution < -0.4 is 11.1 Å². The molecule has 0 spiro atoms. The second-order valence-corrected chi connectivity index (χ2v) is 15.7. The lowest BCUT2D eigenvalue weighted by molar-refractivity contribution is 0.0784. The number of nitrogens with zero attached hydrogens (tertiary/aromatic N) is 6. The van der Waals surface area contributed by atoms with Crippen LogP contribution in [0.3, 0.4) is 0 Å². The van der Waals surface area contributed by atoms with E-state index in [1.165, 1.54) is 0 Å². The Morgan fingerprint density at radius 3 is 2.60 bits per heavy atom. The first-order chi connectivity index (χ1) is 16.7. The molecule has 4 aromatic rings. The van der Waals surface area contributed by atoms with Gasteiger partial charge in [-0.3, -0.25) is 4.68 Å². The molecule has 0 saturated carbocycles. The molecule has 0 saturated heterocycles. The molecule has 0 atom stereocenters. The van der Waals surface area contributed by atoms with Crippen LogP contribution in [-0.4, -0.2) is 44.2 Å². The van der Waals surface area contributed by atoms with E-state index in [1.54, 1.807) is 17.1 Å². The summed E-state index contributed by atoms with van der Waals surface area (Å²) in [6.07, 6.45) is 7.13. The molecule has 0 fully saturated rings. The Bertz CT molecular complexity index is 1280. The normalized spacial score (nSPS) is 11.7. The molecule has 35 heavy (non-hydrogen) atoms. The van der Waals surface area contributed by atoms with Crippen LogP contribution in [0.25, 0.3) is 11.3 Å². The van der Waals surface area contributed by atoms with Gasteiger partial charge in [-0.25, -0.2) is 14.6 Å². The third kappa shape index (κ3) is 6.90. The average molecular weight is 511 g/mol. The van der Waals surface area contributed by atoms with Crippen molar-refractivity contribution in [2.75, 3.05) is 17.7 Å². The Hall–Kier alpha value is -3.21. The van der Waals surface area contributed by atoms with Crippen LogP contribution in [0, 0.1) is 6.92 Å². The highest BCUT2D eigenvalue weighted by Gasteiger charge is 2.16. The molecular formula is C24H31ClN8OSi. The van der Waals surface area contributed by atoms with E-state index in [1.807, 2.05) is 48.3 Å². The Labute approximate surface area is 211 Å². The molecule has 184 valence electrons. The predicted octanol–water partition coefficient (Wildman–Crippen LogP) is 5.18. The van der Waals surface area contributed by atoms with E-state index >= 15 is 0 Å². The second kappa shape index (κ2) is 10.6. The van der Waals surface area contributed by atoms with Gasteiger partial charge in [0.25, 0.3) is 0 Å². The van der Waals surface area contributed by atoms with Crippen molar-refractivity contribution in [3.05, 3.63) is 65.3 Å². The fourth-order valence-corrected chi connectivity index (χ4v) is 4.37. The van der Waals surface area contributed by atoms with Crippen molar-refractivity contribution in [2.24, 2.45) is 0 Å². The summed E-state index contributed by atoms with van der Waals surface area (Å²) in [7, 11) is -1.13. The van der Waals surface area contributed by atoms with Gasteiger partial charge in [0.2, 0.25) is 5.95 Å². The minimum atomic E-state index is -1.13. The second-order valence-electron chi connectivity index (χ2n) is 9.70. The molecule has 9 nitrogen and oxygen atoms in total. The van der Waals surface area contributed by atoms with Gasteiger partial charge in [0.05, 0.1) is 41.0 Å². The minimum Gasteiger partial charge on any atom is -0.399 e. The topological polar surface area (TPSA) is 109 Å². The highest BCUT2D eigenvalue weighted by molar-refractivity contribution is 6.76. The first kappa shape index (κ1) is 24.9. The fraction of sp³-hybridized carbons (Fsp3) is 0.333. The number of rotatable bonds is 10. The summed E-state index contributed by atoms with van der Waals surface area (Å²) in [6, 6.07) is 8.84. The lowest BCUT2D eigenvalue weighted by atomic mass is 10.2. The van der Waals surface area contributed by atoms with Crippen molar-refractivity contribution in [2.45, 2.75) is 45.9 Å². The standard InChI is InChI=1S/C24H31ClN8OSi/c1-17-21(15-33(31-17)16-34-9-10-35(2,3)4)23-22(25)12-27-24(30-23)29-20-11-28-32(14-20)13-18-5-7-19(26)8-6-18/h5-8,11-12,14-15H,9-10,13,16,26H2,1-4H3,(H,27,29,30). The van der Waals surface area contributed by atoms with E-state index in [-0.39, 0.29) is 0 Å². The zero-order valence-corrected chi connectivity index (χ0v) is 22.3. The molecule has 3 N–H and O–H groups in total. The average Bonchev–Trinajstić information content (AvgIpc) is 3.39. The van der Waals surface area contributed by atoms with Crippen LogP contribution in [0.4, 0.5) is 17.3 Å². The summed E-state index contributed by atoms with van der Waals surface area (Å²) in [5.74, 6) is 0.426. The van der Waals surface area contributed by atoms with E-state index in [9.17, 15) is 0 Å². The van der Waals surface area contributed by atoms with E-state index in [0.717, 1.165) is 40.8 Å². The lowest BCUT2D eigenvalue weighted by Gasteiger charge is -2.15. The minimum absolute atomic E-state index is 0.395. The quantitative estimate of drug-likeness (QED) is 0.172. The van der Waals surface area contributed by atoms with Crippen LogP contribution >= 0.6 is 11.6 Å². The van der Waals surface area contributed by atoms with Crippen LogP contribution in [0.2, 0.25) is 30.7 Å². The number of aryl methyl sites for hydroxylation is 1. The Kier molecular flexibility index (Phi) is 7.53. The molecule has 0 amide bonds. The SMILES string of the molecule is Cc1nn(COCC[Si](C)(C)C)cc1-c1nc(Nc2cnn(Cc3ccc(N)cc3)c2)ncc1Cl. The number of nitrogen functional groups attached to an aromatic ring is 1. The maximum absolute atomic E-state index is 6.46. The number of ether oxygens (including phenoxy) is 1. The Morgan fingerprint density at radius 1 is 1.09 bits per heavy atom. The molecule has 0 aliphatic rings. The third-order valence-corrected chi connectivity index (χ3v) is 7.36. The lowest BCUT2D eigenvalue weighted by Crippen LogP contribution is -2.22. The third-order valence-electron chi connectivity index (χ3n) is 5.38. The van der Waals surface area contributed by atoms with Crippen molar-refractivity contribution in [1.82, 2.24) is 29.5 Å². The monoisotopic (exact) mass is 510 g/mol. The molecule has 0 unspecified atom stereocenters. The number of benzene rings is 1. The van der Waals surface area contributed by atoms with E-state index in [0.29, 0.717) is 29.9 Å². The number of nitrogens with one attached hydrogen (secondary N) is 1. The smallest absolute Gasteiger partial charge is 0.227 e. The molecule has 4 rings (SSSR count). The van der Waals surface area contributed by atoms with Crippen molar-refractivity contribution >= 4 is 37.0 Å². The van der Waals surface area contributed by atoms with Gasteiger partial charge in [-0.2, -0.15) is 10.2 Å². The summed E-state index contributed by atoms with van der Waals surface area (Å²) in [4.78, 5) is 8.98. The van der Waals surface area contributed by atoms with Crippen molar-refractivity contribution in [3.8, 4) is 11.3 Å². The van der Waals surface area contributed by atoms with Crippen molar-refractivity contribution in [3.63, 3.8) is 0 Å². The maximum Gasteiger partial charge on any atom is 0.227 e. The molecule has 3 heterocycles. The molecule has 11 heteroatoms. The van der Waals surface area contributed by atoms with Gasteiger partial charge in [-0.1, -0.05) is 43.4 Å². The first-order valence-electron chi connectivity index (χ1n) is 11.4. The van der Waals surface area contributed by atoms with Gasteiger partial charge < -0.3 is 15.8 Å². The molecule has 0 radical (unpaired) electrons. The molecule has 3 aromatic heterocycles. The highest BCUT2D eigenvalue weighted by atomic mass is 35.5. The largest absolute Gasteiger partial charge is 0.399 e. The zero-order chi connectivity index (χ0) is 25.0. The van der Waals surface area contributed by atoms with Gasteiger partial charge >= 0.3 is 0 Å². The summed E-state index contributed by atoms with van der Waals surface area (Å²) in [5, 5.41) is 12.6. The van der Waals surface area contributed by atoms with Gasteiger partial charge in [-0.15, -0.1) is 0 Å². The van der Waals surface area contributed by atoms with Crippen molar-refractivity contribution < 1.29 is 4.74 Å². The van der Waals surface area contributed by atoms with Crippen LogP contribution in [0.1, 0.15) is 11.3 Å². The maximum atomic E-state index is 6.46. The Balaban J connectivity index is 1.43. The molecule has 0 bridgehead atoms. The molecular weight excluding hydrogens is 480 g/mol. The molecule has 0 aliphatic carbocycles. The number of hydrogen-bond donors (Lipinski definition) is 2. The fourth-order valence-electron chi connectivity index (χ4n) is 3.42. The van der Waals surface area contributed by atoms with E-state index in [4.69, 9.17) is 22.1 Å². The first-order valence-corrected chi connectivity index (χ1v) is 15.5. The summed E-state index contributed by atoms with van der Waals surface area (Å²) < 4.78 is 9.44. The molecule has 0 aliphatic heterocycles. The van der Waals surface area contributed by atoms with Gasteiger partial charge in [0.1, 0.15) is 6.73 Å². The van der Waals surface area contributed by atoms with Crippen LogP contribution in [0.15, 0.2) is 49.1 Å². The number of aromatic nitrogens is 6. The van der Waals surface area contributed by atoms with Gasteiger partial charge in [-0.05, 0) is 30.7 Å². The number of nitrogens with two attached hydrogens (primary N) is 1. The van der Waals surface area contributed by atoms with Crippen LogP contribution in [-0.2, 0) is 18.0 Å². The predicted molar refractivity (Wildman–Crippen MR) is 143 cm³/mol. The summed E-state index contributed by atoms with van der Waals surface area (Å²) in [5.41, 5.74) is 10.7. The van der Waals surface area contributed by atoms with Crippen molar-refractivity contribution in [1.29, 1.82) is 0 Å². The van der Waals surface area contributed by atoms with Gasteiger partial charge in [0, 0.05) is 38.3 Å². The van der Waals surface area contributed by atoms with Crippen LogP contribution in [0.5, 0.6) is 0 Å². The van der Waals surface area contributed by atoms with Gasteiger partial charge in [0.15, 0.2) is 0 Å². The number of halogens is 1. The number of anilines is 3. The number of hydrogen-bond acceptors (Lipinski definition) is 7. The molecule has 1 aromatic carbocycles. The van der Waals surface area contributed by atoms with E-state index in [2.05, 4.69) is 45.1 Å². The highest BCUT2D eigenvalue weighted by Crippen LogP contribution is 2.29. The zero-order valence-electron chi connectivity index (χ0n) is 20.5. The Morgan fingerprint density at radius 2 is 1.86 bits per heavy atom. The summed E-state index contributed by atoms with van der Waals surface area (Å²) in [6.45, 7) is 10.7.